The van der Waals surface area contributed by atoms with E-state index in [2.05, 4.69) is 20.9 Å². The standard InChI is InChI=1S/C13H20N4O2/c1-8(2)16-12(18)9(3)17-13(19)11-6-5-10(14-4)7-15-11/h5-9,14H,1-4H3,(H,16,18)(H,17,19). The minimum atomic E-state index is -0.597. The van der Waals surface area contributed by atoms with Crippen molar-refractivity contribution in [3.8, 4) is 0 Å². The molecule has 0 aliphatic rings. The lowest BCUT2D eigenvalue weighted by Gasteiger charge is -2.15. The molecule has 0 radical (unpaired) electrons. The van der Waals surface area contributed by atoms with Gasteiger partial charge in [0.1, 0.15) is 11.7 Å². The van der Waals surface area contributed by atoms with Crippen molar-refractivity contribution < 1.29 is 9.59 Å². The Bertz CT molecular complexity index is 442. The summed E-state index contributed by atoms with van der Waals surface area (Å²) < 4.78 is 0. The van der Waals surface area contributed by atoms with Crippen molar-refractivity contribution >= 4 is 17.5 Å². The highest BCUT2D eigenvalue weighted by atomic mass is 16.2. The molecule has 19 heavy (non-hydrogen) atoms. The van der Waals surface area contributed by atoms with Gasteiger partial charge < -0.3 is 16.0 Å². The van der Waals surface area contributed by atoms with Gasteiger partial charge in [0.25, 0.3) is 5.91 Å². The molecule has 2 amide bonds. The molecular weight excluding hydrogens is 244 g/mol. The summed E-state index contributed by atoms with van der Waals surface area (Å²) in [6.45, 7) is 5.37. The maximum absolute atomic E-state index is 11.9. The Morgan fingerprint density at radius 2 is 1.84 bits per heavy atom. The quantitative estimate of drug-likeness (QED) is 0.733. The number of amides is 2. The van der Waals surface area contributed by atoms with Crippen molar-refractivity contribution in [2.45, 2.75) is 32.9 Å². The van der Waals surface area contributed by atoms with Crippen molar-refractivity contribution in [3.63, 3.8) is 0 Å². The van der Waals surface area contributed by atoms with Crippen LogP contribution in [0.3, 0.4) is 0 Å². The average Bonchev–Trinajstić information content (AvgIpc) is 2.37. The summed E-state index contributed by atoms with van der Waals surface area (Å²) in [5.74, 6) is -0.579. The molecule has 6 heteroatoms. The lowest BCUT2D eigenvalue weighted by atomic mass is 10.2. The number of carbonyl (C=O) groups is 2. The summed E-state index contributed by atoms with van der Waals surface area (Å²) in [6, 6.07) is 2.80. The van der Waals surface area contributed by atoms with Gasteiger partial charge in [-0.05, 0) is 32.9 Å². The SMILES string of the molecule is CNc1ccc(C(=O)NC(C)C(=O)NC(C)C)nc1. The molecule has 0 fully saturated rings. The number of hydrogen-bond acceptors (Lipinski definition) is 4. The topological polar surface area (TPSA) is 83.1 Å². The third-order valence-electron chi connectivity index (χ3n) is 2.46. The van der Waals surface area contributed by atoms with Crippen molar-refractivity contribution in [3.05, 3.63) is 24.0 Å². The molecule has 0 aliphatic carbocycles. The number of anilines is 1. The first-order chi connectivity index (χ1) is 8.93. The lowest BCUT2D eigenvalue weighted by Crippen LogP contribution is -2.46. The number of hydrogen-bond donors (Lipinski definition) is 3. The van der Waals surface area contributed by atoms with E-state index in [4.69, 9.17) is 0 Å². The van der Waals surface area contributed by atoms with Gasteiger partial charge in [0.05, 0.1) is 11.9 Å². The van der Waals surface area contributed by atoms with Gasteiger partial charge in [-0.2, -0.15) is 0 Å². The molecule has 1 atom stereocenters. The van der Waals surface area contributed by atoms with Gasteiger partial charge in [0, 0.05) is 13.1 Å². The predicted molar refractivity (Wildman–Crippen MR) is 74.0 cm³/mol. The summed E-state index contributed by atoms with van der Waals surface area (Å²) in [4.78, 5) is 27.6. The number of carbonyl (C=O) groups excluding carboxylic acids is 2. The highest BCUT2D eigenvalue weighted by molar-refractivity contribution is 5.96. The van der Waals surface area contributed by atoms with Crippen LogP contribution in [0, 0.1) is 0 Å². The van der Waals surface area contributed by atoms with E-state index in [9.17, 15) is 9.59 Å². The minimum Gasteiger partial charge on any atom is -0.387 e. The molecule has 3 N–H and O–H groups in total. The van der Waals surface area contributed by atoms with Crippen LogP contribution in [0.2, 0.25) is 0 Å². The molecule has 0 spiro atoms. The monoisotopic (exact) mass is 264 g/mol. The third-order valence-corrected chi connectivity index (χ3v) is 2.46. The zero-order chi connectivity index (χ0) is 14.4. The molecule has 0 saturated heterocycles. The highest BCUT2D eigenvalue weighted by Crippen LogP contribution is 2.04. The van der Waals surface area contributed by atoms with Crippen LogP contribution in [-0.2, 0) is 4.79 Å². The maximum Gasteiger partial charge on any atom is 0.270 e. The zero-order valence-electron chi connectivity index (χ0n) is 11.7. The molecule has 1 rings (SSSR count). The van der Waals surface area contributed by atoms with Crippen LogP contribution in [0.4, 0.5) is 5.69 Å². The molecule has 1 aromatic heterocycles. The van der Waals surface area contributed by atoms with Gasteiger partial charge in [-0.15, -0.1) is 0 Å². The Morgan fingerprint density at radius 1 is 1.16 bits per heavy atom. The van der Waals surface area contributed by atoms with E-state index in [1.807, 2.05) is 13.8 Å². The molecule has 1 unspecified atom stereocenters. The molecule has 6 nitrogen and oxygen atoms in total. The number of pyridine rings is 1. The number of rotatable bonds is 5. The van der Waals surface area contributed by atoms with Gasteiger partial charge in [0.2, 0.25) is 5.91 Å². The van der Waals surface area contributed by atoms with Gasteiger partial charge in [-0.25, -0.2) is 4.98 Å². The summed E-state index contributed by atoms with van der Waals surface area (Å²) in [5.41, 5.74) is 1.10. The molecule has 1 heterocycles. The first-order valence-corrected chi connectivity index (χ1v) is 6.19. The second-order valence-electron chi connectivity index (χ2n) is 4.54. The fraction of sp³-hybridized carbons (Fsp3) is 0.462. The molecular formula is C13H20N4O2. The molecule has 0 bridgehead atoms. The second kappa shape index (κ2) is 6.72. The van der Waals surface area contributed by atoms with Gasteiger partial charge in [0.15, 0.2) is 0 Å². The normalized spacial score (nSPS) is 11.8. The Labute approximate surface area is 113 Å². The molecule has 0 aromatic carbocycles. The van der Waals surface area contributed by atoms with Gasteiger partial charge >= 0.3 is 0 Å². The van der Waals surface area contributed by atoms with E-state index in [0.717, 1.165) is 5.69 Å². The smallest absolute Gasteiger partial charge is 0.270 e. The van der Waals surface area contributed by atoms with E-state index >= 15 is 0 Å². The maximum atomic E-state index is 11.9. The van der Waals surface area contributed by atoms with Crippen molar-refractivity contribution in [1.82, 2.24) is 15.6 Å². The third kappa shape index (κ3) is 4.57. The van der Waals surface area contributed by atoms with Crippen molar-refractivity contribution in [1.29, 1.82) is 0 Å². The molecule has 104 valence electrons. The summed E-state index contributed by atoms with van der Waals surface area (Å²) in [7, 11) is 1.77. The second-order valence-corrected chi connectivity index (χ2v) is 4.54. The minimum absolute atomic E-state index is 0.0416. The van der Waals surface area contributed by atoms with E-state index in [-0.39, 0.29) is 23.6 Å². The molecule has 0 aliphatic heterocycles. The fourth-order valence-corrected chi connectivity index (χ4v) is 1.42. The van der Waals surface area contributed by atoms with Crippen LogP contribution in [0.1, 0.15) is 31.3 Å². The lowest BCUT2D eigenvalue weighted by molar-refractivity contribution is -0.123. The highest BCUT2D eigenvalue weighted by Gasteiger charge is 2.17. The van der Waals surface area contributed by atoms with Crippen LogP contribution in [0.15, 0.2) is 18.3 Å². The first kappa shape index (κ1) is 14.9. The van der Waals surface area contributed by atoms with Crippen LogP contribution in [0.25, 0.3) is 0 Å². The Balaban J connectivity index is 2.60. The van der Waals surface area contributed by atoms with E-state index in [1.54, 1.807) is 32.3 Å². The largest absolute Gasteiger partial charge is 0.387 e. The Hall–Kier alpha value is -2.11. The summed E-state index contributed by atoms with van der Waals surface area (Å²) in [6.07, 6.45) is 1.56. The molecule has 0 saturated carbocycles. The van der Waals surface area contributed by atoms with Crippen LogP contribution in [0.5, 0.6) is 0 Å². The van der Waals surface area contributed by atoms with E-state index in [1.165, 1.54) is 0 Å². The van der Waals surface area contributed by atoms with E-state index < -0.39 is 6.04 Å². The summed E-state index contributed by atoms with van der Waals surface area (Å²) in [5, 5.41) is 8.25. The van der Waals surface area contributed by atoms with Gasteiger partial charge in [-0.3, -0.25) is 9.59 Å². The number of nitrogens with one attached hydrogen (secondary N) is 3. The average molecular weight is 264 g/mol. The van der Waals surface area contributed by atoms with Crippen LogP contribution in [-0.4, -0.2) is 35.9 Å². The van der Waals surface area contributed by atoms with Gasteiger partial charge in [-0.1, -0.05) is 0 Å². The fourth-order valence-electron chi connectivity index (χ4n) is 1.42. The van der Waals surface area contributed by atoms with E-state index in [0.29, 0.717) is 0 Å². The zero-order valence-corrected chi connectivity index (χ0v) is 11.7. The Kier molecular flexibility index (Phi) is 5.29. The number of nitrogens with zero attached hydrogens (tertiary/aromatic N) is 1. The van der Waals surface area contributed by atoms with Crippen molar-refractivity contribution in [2.75, 3.05) is 12.4 Å². The van der Waals surface area contributed by atoms with Crippen LogP contribution < -0.4 is 16.0 Å². The number of aromatic nitrogens is 1. The molecule has 1 aromatic rings. The Morgan fingerprint density at radius 3 is 2.32 bits per heavy atom. The predicted octanol–water partition coefficient (Wildman–Crippen LogP) is 0.766. The summed E-state index contributed by atoms with van der Waals surface area (Å²) >= 11 is 0. The van der Waals surface area contributed by atoms with Crippen LogP contribution >= 0.6 is 0 Å². The van der Waals surface area contributed by atoms with Crippen molar-refractivity contribution in [2.24, 2.45) is 0 Å². The first-order valence-electron chi connectivity index (χ1n) is 6.19.